The summed E-state index contributed by atoms with van der Waals surface area (Å²) < 4.78 is 0. The normalized spacial score (nSPS) is 19.3. The zero-order valence-electron chi connectivity index (χ0n) is 8.63. The van der Waals surface area contributed by atoms with Gasteiger partial charge in [0, 0.05) is 0 Å². The number of carbonyl (C=O) groups is 1. The molecule has 0 spiro atoms. The largest absolute Gasteiger partial charge is 0.479 e. The Morgan fingerprint density at radius 1 is 1.40 bits per heavy atom. The van der Waals surface area contributed by atoms with Gasteiger partial charge < -0.3 is 25.5 Å². The van der Waals surface area contributed by atoms with E-state index in [4.69, 9.17) is 15.3 Å². The second-order valence-electron chi connectivity index (χ2n) is 3.53. The van der Waals surface area contributed by atoms with Gasteiger partial charge in [0.2, 0.25) is 0 Å². The quantitative estimate of drug-likeness (QED) is 0.365. The standard InChI is InChI=1S/C9H18O6/c1-2-3-4-9(15,8(13)14)7(12)6(11)5-10/h6-7,10-12,15H,2-5H2,1H3,(H,13,14)/t6-,7-,9+/m1/s1. The lowest BCUT2D eigenvalue weighted by molar-refractivity contribution is -0.185. The van der Waals surface area contributed by atoms with E-state index in [1.165, 1.54) is 0 Å². The van der Waals surface area contributed by atoms with Crippen molar-refractivity contribution in [1.82, 2.24) is 0 Å². The molecule has 0 rings (SSSR count). The van der Waals surface area contributed by atoms with E-state index in [0.29, 0.717) is 12.8 Å². The SMILES string of the molecule is CCCC[C@@](O)(C(=O)O)[C@H](O)[C@H](O)CO. The smallest absolute Gasteiger partial charge is 0.338 e. The number of aliphatic hydroxyl groups excluding tert-OH is 3. The molecular weight excluding hydrogens is 204 g/mol. The summed E-state index contributed by atoms with van der Waals surface area (Å²) in [5.41, 5.74) is -2.40. The van der Waals surface area contributed by atoms with Crippen LogP contribution in [0.2, 0.25) is 0 Å². The molecule has 15 heavy (non-hydrogen) atoms. The Labute approximate surface area is 87.8 Å². The molecule has 6 nitrogen and oxygen atoms in total. The molecule has 0 saturated heterocycles. The maximum atomic E-state index is 10.8. The summed E-state index contributed by atoms with van der Waals surface area (Å²) in [7, 11) is 0. The van der Waals surface area contributed by atoms with Gasteiger partial charge in [-0.2, -0.15) is 0 Å². The summed E-state index contributed by atoms with van der Waals surface area (Å²) in [6.45, 7) is 1.00. The van der Waals surface area contributed by atoms with Gasteiger partial charge in [0.15, 0.2) is 5.60 Å². The third-order valence-electron chi connectivity index (χ3n) is 2.32. The highest BCUT2D eigenvalue weighted by Crippen LogP contribution is 2.21. The zero-order valence-corrected chi connectivity index (χ0v) is 8.63. The Kier molecular flexibility index (Phi) is 5.74. The van der Waals surface area contributed by atoms with Crippen molar-refractivity contribution in [2.75, 3.05) is 6.61 Å². The summed E-state index contributed by atoms with van der Waals surface area (Å²) in [4.78, 5) is 10.8. The fourth-order valence-electron chi connectivity index (χ4n) is 1.25. The van der Waals surface area contributed by atoms with Gasteiger partial charge in [0.1, 0.15) is 12.2 Å². The molecule has 0 fully saturated rings. The Bertz CT molecular complexity index is 207. The Morgan fingerprint density at radius 3 is 2.27 bits per heavy atom. The van der Waals surface area contributed by atoms with E-state index in [1.54, 1.807) is 6.92 Å². The highest BCUT2D eigenvalue weighted by molar-refractivity contribution is 5.78. The third kappa shape index (κ3) is 3.42. The van der Waals surface area contributed by atoms with Gasteiger partial charge >= 0.3 is 5.97 Å². The Morgan fingerprint density at radius 2 is 1.93 bits per heavy atom. The number of aliphatic carboxylic acids is 1. The number of aliphatic hydroxyl groups is 4. The van der Waals surface area contributed by atoms with Crippen LogP contribution in [0.1, 0.15) is 26.2 Å². The van der Waals surface area contributed by atoms with Crippen molar-refractivity contribution >= 4 is 5.97 Å². The van der Waals surface area contributed by atoms with Gasteiger partial charge in [-0.1, -0.05) is 19.8 Å². The molecule has 0 saturated carbocycles. The summed E-state index contributed by atoms with van der Waals surface area (Å²) in [6.07, 6.45) is -2.68. The van der Waals surface area contributed by atoms with Gasteiger partial charge in [0.05, 0.1) is 6.61 Å². The van der Waals surface area contributed by atoms with Crippen molar-refractivity contribution in [3.8, 4) is 0 Å². The number of hydrogen-bond acceptors (Lipinski definition) is 5. The first-order valence-corrected chi connectivity index (χ1v) is 4.82. The van der Waals surface area contributed by atoms with E-state index in [0.717, 1.165) is 0 Å². The lowest BCUT2D eigenvalue weighted by Gasteiger charge is -2.31. The van der Waals surface area contributed by atoms with Crippen molar-refractivity contribution in [2.45, 2.75) is 44.0 Å². The van der Waals surface area contributed by atoms with Gasteiger partial charge in [-0.25, -0.2) is 4.79 Å². The Balaban J connectivity index is 4.69. The van der Waals surface area contributed by atoms with E-state index >= 15 is 0 Å². The van der Waals surface area contributed by atoms with Crippen molar-refractivity contribution in [3.63, 3.8) is 0 Å². The second kappa shape index (κ2) is 6.02. The molecule has 90 valence electrons. The first kappa shape index (κ1) is 14.3. The van der Waals surface area contributed by atoms with Gasteiger partial charge in [-0.3, -0.25) is 0 Å². The van der Waals surface area contributed by atoms with E-state index < -0.39 is 30.4 Å². The van der Waals surface area contributed by atoms with Crippen LogP contribution in [0.3, 0.4) is 0 Å². The average molecular weight is 222 g/mol. The van der Waals surface area contributed by atoms with E-state index in [-0.39, 0.29) is 6.42 Å². The second-order valence-corrected chi connectivity index (χ2v) is 3.53. The van der Waals surface area contributed by atoms with Crippen LogP contribution in [-0.4, -0.2) is 55.9 Å². The Hall–Kier alpha value is -0.690. The molecule has 0 unspecified atom stereocenters. The molecule has 0 aliphatic heterocycles. The number of unbranched alkanes of at least 4 members (excludes halogenated alkanes) is 1. The highest BCUT2D eigenvalue weighted by Gasteiger charge is 2.46. The summed E-state index contributed by atoms with van der Waals surface area (Å²) >= 11 is 0. The first-order chi connectivity index (χ1) is 6.90. The van der Waals surface area contributed by atoms with Crippen LogP contribution < -0.4 is 0 Å². The monoisotopic (exact) mass is 222 g/mol. The molecule has 6 heteroatoms. The van der Waals surface area contributed by atoms with Gasteiger partial charge in [0.25, 0.3) is 0 Å². The molecular formula is C9H18O6. The molecule has 0 radical (unpaired) electrons. The topological polar surface area (TPSA) is 118 Å². The van der Waals surface area contributed by atoms with E-state index in [2.05, 4.69) is 0 Å². The molecule has 0 aliphatic carbocycles. The van der Waals surface area contributed by atoms with Gasteiger partial charge in [-0.15, -0.1) is 0 Å². The minimum Gasteiger partial charge on any atom is -0.479 e. The molecule has 0 aliphatic rings. The van der Waals surface area contributed by atoms with Crippen LogP contribution in [0.5, 0.6) is 0 Å². The maximum absolute atomic E-state index is 10.8. The van der Waals surface area contributed by atoms with Crippen LogP contribution in [-0.2, 0) is 4.79 Å². The van der Waals surface area contributed by atoms with Crippen LogP contribution in [0.15, 0.2) is 0 Å². The van der Waals surface area contributed by atoms with Crippen LogP contribution >= 0.6 is 0 Å². The first-order valence-electron chi connectivity index (χ1n) is 4.82. The number of carboxylic acids is 1. The fourth-order valence-corrected chi connectivity index (χ4v) is 1.25. The number of hydrogen-bond donors (Lipinski definition) is 5. The molecule has 0 aromatic carbocycles. The minimum absolute atomic E-state index is 0.170. The molecule has 0 bridgehead atoms. The predicted molar refractivity (Wildman–Crippen MR) is 51.2 cm³/mol. The lowest BCUT2D eigenvalue weighted by atomic mass is 9.87. The van der Waals surface area contributed by atoms with Crippen LogP contribution in [0, 0.1) is 0 Å². The van der Waals surface area contributed by atoms with Crippen molar-refractivity contribution < 1.29 is 30.3 Å². The van der Waals surface area contributed by atoms with Crippen molar-refractivity contribution in [2.24, 2.45) is 0 Å². The number of carboxylic acid groups (broad SMARTS) is 1. The molecule has 0 amide bonds. The minimum atomic E-state index is -2.40. The van der Waals surface area contributed by atoms with Crippen LogP contribution in [0.25, 0.3) is 0 Å². The van der Waals surface area contributed by atoms with E-state index in [1.807, 2.05) is 0 Å². The van der Waals surface area contributed by atoms with Crippen LogP contribution in [0.4, 0.5) is 0 Å². The molecule has 3 atom stereocenters. The fraction of sp³-hybridized carbons (Fsp3) is 0.889. The van der Waals surface area contributed by atoms with E-state index in [9.17, 15) is 15.0 Å². The van der Waals surface area contributed by atoms with Crippen molar-refractivity contribution in [3.05, 3.63) is 0 Å². The predicted octanol–water partition coefficient (Wildman–Crippen LogP) is -1.29. The molecule has 0 aromatic rings. The van der Waals surface area contributed by atoms with Gasteiger partial charge in [-0.05, 0) is 6.42 Å². The zero-order chi connectivity index (χ0) is 12.1. The lowest BCUT2D eigenvalue weighted by Crippen LogP contribution is -2.55. The van der Waals surface area contributed by atoms with Crippen molar-refractivity contribution in [1.29, 1.82) is 0 Å². The summed E-state index contributed by atoms with van der Waals surface area (Å²) in [5.74, 6) is -1.60. The average Bonchev–Trinajstić information content (AvgIpc) is 2.23. The highest BCUT2D eigenvalue weighted by atomic mass is 16.4. The third-order valence-corrected chi connectivity index (χ3v) is 2.32. The molecule has 0 heterocycles. The molecule has 5 N–H and O–H groups in total. The summed E-state index contributed by atoms with van der Waals surface area (Å²) in [5, 5.41) is 45.5. The maximum Gasteiger partial charge on any atom is 0.338 e. The molecule has 0 aromatic heterocycles. The summed E-state index contributed by atoms with van der Waals surface area (Å²) in [6, 6.07) is 0. The number of rotatable bonds is 7.